The normalized spacial score (nSPS) is 17.0. The number of H-pyrrole nitrogens is 1. The number of rotatable bonds is 3. The van der Waals surface area contributed by atoms with Crippen LogP contribution < -0.4 is 5.56 Å². The molecule has 0 fully saturated rings. The quantitative estimate of drug-likeness (QED) is 0.699. The average Bonchev–Trinajstić information content (AvgIpc) is 3.21. The van der Waals surface area contributed by atoms with E-state index in [9.17, 15) is 9.59 Å². The minimum absolute atomic E-state index is 0.198. The molecule has 3 aromatic heterocycles. The Hall–Kier alpha value is -2.51. The van der Waals surface area contributed by atoms with Crippen molar-refractivity contribution < 1.29 is 4.79 Å². The lowest BCUT2D eigenvalue weighted by atomic mass is 9.97. The van der Waals surface area contributed by atoms with Gasteiger partial charge in [-0.3, -0.25) is 14.6 Å². The number of thiophene rings is 1. The number of amides is 1. The predicted octanol–water partition coefficient (Wildman–Crippen LogP) is 3.56. The maximum Gasteiger partial charge on any atom is 0.258 e. The van der Waals surface area contributed by atoms with Gasteiger partial charge in [-0.05, 0) is 36.9 Å². The van der Waals surface area contributed by atoms with Gasteiger partial charge in [0.15, 0.2) is 0 Å². The molecule has 4 rings (SSSR count). The Morgan fingerprint density at radius 3 is 2.96 bits per heavy atom. The molecule has 0 aliphatic carbocycles. The maximum absolute atomic E-state index is 12.6. The Morgan fingerprint density at radius 1 is 1.42 bits per heavy atom. The summed E-state index contributed by atoms with van der Waals surface area (Å²) in [5.74, 6) is 0. The number of nitrogens with one attached hydrogen (secondary N) is 1. The number of carbonyl (C=O) groups excluding carboxylic acids is 1. The van der Waals surface area contributed by atoms with E-state index in [2.05, 4.69) is 15.1 Å². The van der Waals surface area contributed by atoms with Gasteiger partial charge in [-0.1, -0.05) is 11.6 Å². The first-order valence-corrected chi connectivity index (χ1v) is 9.29. The van der Waals surface area contributed by atoms with Crippen LogP contribution in [0.2, 0.25) is 5.02 Å². The first-order valence-electron chi connectivity index (χ1n) is 8.03. The van der Waals surface area contributed by atoms with Crippen molar-refractivity contribution in [1.29, 1.82) is 0 Å². The van der Waals surface area contributed by atoms with Crippen molar-refractivity contribution >= 4 is 45.3 Å². The van der Waals surface area contributed by atoms with Crippen molar-refractivity contribution in [3.63, 3.8) is 0 Å². The summed E-state index contributed by atoms with van der Waals surface area (Å²) in [7, 11) is 0. The van der Waals surface area contributed by atoms with Gasteiger partial charge >= 0.3 is 0 Å². The number of aromatic nitrogens is 2. The summed E-state index contributed by atoms with van der Waals surface area (Å²) in [6.45, 7) is 3.75. The SMILES string of the molecule is Cc1cc(Cl)c(C2CC(c3c(C)c4ccsc4[nH]c3=O)=NN2C=O)cn1. The Morgan fingerprint density at radius 2 is 2.23 bits per heavy atom. The molecule has 26 heavy (non-hydrogen) atoms. The van der Waals surface area contributed by atoms with Crippen molar-refractivity contribution in [3.8, 4) is 0 Å². The van der Waals surface area contributed by atoms with Gasteiger partial charge in [0.25, 0.3) is 5.56 Å². The van der Waals surface area contributed by atoms with Crippen molar-refractivity contribution in [2.75, 3.05) is 0 Å². The Kier molecular flexibility index (Phi) is 4.13. The number of aromatic amines is 1. The number of aryl methyl sites for hydroxylation is 2. The predicted molar refractivity (Wildman–Crippen MR) is 103 cm³/mol. The molecule has 8 heteroatoms. The van der Waals surface area contributed by atoms with E-state index in [1.54, 1.807) is 12.3 Å². The van der Waals surface area contributed by atoms with Crippen molar-refractivity contribution in [2.24, 2.45) is 5.10 Å². The molecule has 3 aromatic rings. The van der Waals surface area contributed by atoms with Crippen LogP contribution in [-0.2, 0) is 4.79 Å². The lowest BCUT2D eigenvalue weighted by Gasteiger charge is -2.18. The van der Waals surface area contributed by atoms with E-state index in [-0.39, 0.29) is 11.6 Å². The van der Waals surface area contributed by atoms with E-state index >= 15 is 0 Å². The first kappa shape index (κ1) is 16.9. The fourth-order valence-corrected chi connectivity index (χ4v) is 4.50. The molecule has 132 valence electrons. The van der Waals surface area contributed by atoms with E-state index in [0.717, 1.165) is 21.5 Å². The summed E-state index contributed by atoms with van der Waals surface area (Å²) < 4.78 is 0. The van der Waals surface area contributed by atoms with Gasteiger partial charge in [-0.15, -0.1) is 11.3 Å². The minimum Gasteiger partial charge on any atom is -0.313 e. The third-order valence-electron chi connectivity index (χ3n) is 4.61. The van der Waals surface area contributed by atoms with E-state index < -0.39 is 0 Å². The van der Waals surface area contributed by atoms with Crippen LogP contribution in [0.15, 0.2) is 33.6 Å². The van der Waals surface area contributed by atoms with Crippen molar-refractivity contribution in [3.05, 3.63) is 61.5 Å². The van der Waals surface area contributed by atoms with Gasteiger partial charge < -0.3 is 4.98 Å². The zero-order valence-corrected chi connectivity index (χ0v) is 15.7. The van der Waals surface area contributed by atoms with Gasteiger partial charge in [0.2, 0.25) is 6.41 Å². The van der Waals surface area contributed by atoms with Gasteiger partial charge in [-0.25, -0.2) is 5.01 Å². The number of carbonyl (C=O) groups is 1. The van der Waals surface area contributed by atoms with Crippen molar-refractivity contribution in [1.82, 2.24) is 15.0 Å². The highest BCUT2D eigenvalue weighted by atomic mass is 35.5. The summed E-state index contributed by atoms with van der Waals surface area (Å²) in [6, 6.07) is 3.35. The summed E-state index contributed by atoms with van der Waals surface area (Å²) in [5.41, 5.74) is 3.27. The number of hydrazone groups is 1. The highest BCUT2D eigenvalue weighted by Crippen LogP contribution is 2.35. The standard InChI is InChI=1S/C18H15ClN4O2S/c1-9-5-13(19)12(7-20-9)15-6-14(22-23(15)8-24)16-10(2)11-3-4-26-18(11)21-17(16)25/h3-5,7-8,15H,6H2,1-2H3,(H,21,25). The highest BCUT2D eigenvalue weighted by molar-refractivity contribution is 7.16. The molecule has 4 heterocycles. The van der Waals surface area contributed by atoms with Crippen LogP contribution in [0.5, 0.6) is 0 Å². The van der Waals surface area contributed by atoms with Gasteiger partial charge in [-0.2, -0.15) is 5.10 Å². The topological polar surface area (TPSA) is 78.4 Å². The Bertz CT molecular complexity index is 1120. The second-order valence-electron chi connectivity index (χ2n) is 6.22. The van der Waals surface area contributed by atoms with Gasteiger partial charge in [0.1, 0.15) is 4.83 Å². The van der Waals surface area contributed by atoms with Crippen LogP contribution in [-0.4, -0.2) is 27.1 Å². The number of hydrogen-bond donors (Lipinski definition) is 1. The number of pyridine rings is 2. The molecule has 1 aliphatic heterocycles. The fourth-order valence-electron chi connectivity index (χ4n) is 3.33. The van der Waals surface area contributed by atoms with Crippen LogP contribution in [0.4, 0.5) is 0 Å². The highest BCUT2D eigenvalue weighted by Gasteiger charge is 2.32. The van der Waals surface area contributed by atoms with Crippen LogP contribution >= 0.6 is 22.9 Å². The molecule has 1 atom stereocenters. The molecule has 0 spiro atoms. The second kappa shape index (κ2) is 6.34. The van der Waals surface area contributed by atoms with Crippen molar-refractivity contribution in [2.45, 2.75) is 26.3 Å². The molecule has 0 radical (unpaired) electrons. The van der Waals surface area contributed by atoms with Crippen LogP contribution in [0.1, 0.15) is 34.8 Å². The van der Waals surface area contributed by atoms with Crippen LogP contribution in [0, 0.1) is 13.8 Å². The molecule has 1 N–H and O–H groups in total. The van der Waals surface area contributed by atoms with Gasteiger partial charge in [0.05, 0.1) is 17.3 Å². The molecule has 6 nitrogen and oxygen atoms in total. The zero-order valence-electron chi connectivity index (χ0n) is 14.1. The molecule has 0 aromatic carbocycles. The van der Waals surface area contributed by atoms with E-state index in [4.69, 9.17) is 11.6 Å². The third-order valence-corrected chi connectivity index (χ3v) is 5.77. The number of hydrogen-bond acceptors (Lipinski definition) is 5. The number of halogens is 1. The van der Waals surface area contributed by atoms with Crippen LogP contribution in [0.3, 0.4) is 0 Å². The molecular weight excluding hydrogens is 372 g/mol. The molecule has 1 unspecified atom stereocenters. The molecule has 0 bridgehead atoms. The van der Waals surface area contributed by atoms with Crippen LogP contribution in [0.25, 0.3) is 10.2 Å². The van der Waals surface area contributed by atoms with E-state index in [0.29, 0.717) is 34.7 Å². The fraction of sp³-hybridized carbons (Fsp3) is 0.222. The summed E-state index contributed by atoms with van der Waals surface area (Å²) in [4.78, 5) is 32.2. The lowest BCUT2D eigenvalue weighted by Crippen LogP contribution is -2.20. The third kappa shape index (κ3) is 2.64. The molecule has 1 amide bonds. The number of fused-ring (bicyclic) bond motifs is 1. The second-order valence-corrected chi connectivity index (χ2v) is 7.54. The van der Waals surface area contributed by atoms with E-state index in [1.165, 1.54) is 16.3 Å². The summed E-state index contributed by atoms with van der Waals surface area (Å²) in [6.07, 6.45) is 2.72. The average molecular weight is 387 g/mol. The molecular formula is C18H15ClN4O2S. The largest absolute Gasteiger partial charge is 0.313 e. The molecule has 1 aliphatic rings. The minimum atomic E-state index is -0.375. The van der Waals surface area contributed by atoms with Gasteiger partial charge in [0, 0.05) is 34.3 Å². The Labute approximate surface area is 158 Å². The van der Waals surface area contributed by atoms with E-state index in [1.807, 2.05) is 25.3 Å². The Balaban J connectivity index is 1.80. The number of nitrogens with zero attached hydrogens (tertiary/aromatic N) is 3. The zero-order chi connectivity index (χ0) is 18.4. The monoisotopic (exact) mass is 386 g/mol. The molecule has 0 saturated carbocycles. The summed E-state index contributed by atoms with van der Waals surface area (Å²) >= 11 is 7.84. The first-order chi connectivity index (χ1) is 12.5. The lowest BCUT2D eigenvalue weighted by molar-refractivity contribution is -0.119. The maximum atomic E-state index is 12.6. The molecule has 0 saturated heterocycles. The summed E-state index contributed by atoms with van der Waals surface area (Å²) in [5, 5.41) is 9.16. The smallest absolute Gasteiger partial charge is 0.258 e.